The number of benzene rings is 1. The Morgan fingerprint density at radius 2 is 1.70 bits per heavy atom. The van der Waals surface area contributed by atoms with Crippen LogP contribution in [0.4, 0.5) is 17.2 Å². The van der Waals surface area contributed by atoms with Gasteiger partial charge in [0.2, 0.25) is 27.7 Å². The Morgan fingerprint density at radius 1 is 0.953 bits per heavy atom. The molecular formula is C31H39N7O4S. The van der Waals surface area contributed by atoms with Crippen molar-refractivity contribution in [1.29, 1.82) is 0 Å². The van der Waals surface area contributed by atoms with Gasteiger partial charge in [0.25, 0.3) is 0 Å². The smallest absolute Gasteiger partial charge is 0.250 e. The lowest BCUT2D eigenvalue weighted by molar-refractivity contribution is -0.132. The number of nitrogens with zero attached hydrogens (tertiary/aromatic N) is 6. The minimum absolute atomic E-state index is 0.0114. The highest BCUT2D eigenvalue weighted by atomic mass is 32.2. The molecule has 11 nitrogen and oxygen atoms in total. The van der Waals surface area contributed by atoms with E-state index in [1.165, 1.54) is 0 Å². The lowest BCUT2D eigenvalue weighted by Gasteiger charge is -2.43. The summed E-state index contributed by atoms with van der Waals surface area (Å²) in [5.74, 6) is 2.24. The van der Waals surface area contributed by atoms with Crippen LogP contribution in [0.25, 0.3) is 22.9 Å². The van der Waals surface area contributed by atoms with Crippen LogP contribution < -0.4 is 14.5 Å². The van der Waals surface area contributed by atoms with Gasteiger partial charge < -0.3 is 19.1 Å². The van der Waals surface area contributed by atoms with Gasteiger partial charge in [-0.05, 0) is 80.2 Å². The number of sulfonamides is 1. The van der Waals surface area contributed by atoms with Crippen molar-refractivity contribution in [3.05, 3.63) is 36.5 Å². The highest BCUT2D eigenvalue weighted by molar-refractivity contribution is 7.93. The van der Waals surface area contributed by atoms with Crippen LogP contribution in [-0.4, -0.2) is 79.4 Å². The molecular weight excluding hydrogens is 566 g/mol. The Morgan fingerprint density at radius 3 is 2.44 bits per heavy atom. The summed E-state index contributed by atoms with van der Waals surface area (Å²) in [5.41, 5.74) is 2.92. The molecule has 8 heterocycles. The van der Waals surface area contributed by atoms with Crippen molar-refractivity contribution in [2.45, 2.75) is 57.1 Å². The standard InChI is InChI=1S/C31H39N7O4S/c1-31-10-15-37(16-11-31)26-19-23(35-43(40,41)24-4-5-24)3-6-25(26)30-34-33-29(42-30)22-7-12-32-27(18-22)38-13-8-21(9-14-38)17-28(39)36(2)20-31/h3,6-7,12,18-19,21,24,35H,4-5,8-11,13-17,20H2,1-2H3. The van der Waals surface area contributed by atoms with E-state index in [0.717, 1.165) is 81.0 Å². The fraction of sp³-hybridized carbons (Fsp3) is 0.548. The molecule has 3 fully saturated rings. The molecule has 8 bridgehead atoms. The predicted molar refractivity (Wildman–Crippen MR) is 165 cm³/mol. The molecule has 3 aromatic rings. The Hall–Kier alpha value is -3.67. The van der Waals surface area contributed by atoms with Crippen molar-refractivity contribution in [2.75, 3.05) is 54.3 Å². The van der Waals surface area contributed by atoms with E-state index in [0.29, 0.717) is 42.6 Å². The molecule has 0 spiro atoms. The third-order valence-electron chi connectivity index (χ3n) is 9.63. The summed E-state index contributed by atoms with van der Waals surface area (Å²) in [6, 6.07) is 9.38. The summed E-state index contributed by atoms with van der Waals surface area (Å²) in [6.45, 7) is 6.21. The first kappa shape index (κ1) is 28.1. The first-order valence-electron chi connectivity index (χ1n) is 15.4. The van der Waals surface area contributed by atoms with Crippen molar-refractivity contribution in [1.82, 2.24) is 20.1 Å². The molecule has 12 heteroatoms. The lowest BCUT2D eigenvalue weighted by Crippen LogP contribution is -2.46. The van der Waals surface area contributed by atoms with Gasteiger partial charge in [-0.1, -0.05) is 6.92 Å². The molecule has 1 saturated carbocycles. The van der Waals surface area contributed by atoms with E-state index in [-0.39, 0.29) is 16.6 Å². The van der Waals surface area contributed by atoms with Crippen LogP contribution in [0.5, 0.6) is 0 Å². The number of rotatable bonds is 3. The Kier molecular flexibility index (Phi) is 7.06. The molecule has 0 unspecified atom stereocenters. The average molecular weight is 606 g/mol. The molecule has 228 valence electrons. The summed E-state index contributed by atoms with van der Waals surface area (Å²) in [4.78, 5) is 24.4. The molecule has 10 rings (SSSR count). The number of amides is 1. The maximum atomic E-state index is 13.3. The van der Waals surface area contributed by atoms with E-state index in [1.807, 2.05) is 36.2 Å². The number of hydrogen-bond acceptors (Lipinski definition) is 9. The van der Waals surface area contributed by atoms with Crippen LogP contribution in [0, 0.1) is 11.3 Å². The van der Waals surface area contributed by atoms with Gasteiger partial charge >= 0.3 is 0 Å². The summed E-state index contributed by atoms with van der Waals surface area (Å²) >= 11 is 0. The Bertz CT molecular complexity index is 1620. The molecule has 7 aliphatic rings. The Balaban J connectivity index is 1.26. The van der Waals surface area contributed by atoms with Crippen LogP contribution in [0.3, 0.4) is 0 Å². The molecule has 43 heavy (non-hydrogen) atoms. The van der Waals surface area contributed by atoms with Crippen LogP contribution in [-0.2, 0) is 14.8 Å². The SMILES string of the molecule is CN1CC2(C)CCN(CC2)c2cc(NS(=O)(=O)C3CC3)ccc2-c2nnc(o2)-c2ccnc(c2)N2CCC(CC2)CC1=O. The zero-order valence-electron chi connectivity index (χ0n) is 24.8. The number of aromatic nitrogens is 3. The van der Waals surface area contributed by atoms with Crippen molar-refractivity contribution < 1.29 is 17.6 Å². The van der Waals surface area contributed by atoms with Crippen LogP contribution in [0.15, 0.2) is 40.9 Å². The minimum Gasteiger partial charge on any atom is -0.416 e. The molecule has 0 atom stereocenters. The molecule has 6 aliphatic heterocycles. The molecule has 1 amide bonds. The van der Waals surface area contributed by atoms with E-state index >= 15 is 0 Å². The summed E-state index contributed by atoms with van der Waals surface area (Å²) in [5, 5.41) is 8.52. The second-order valence-corrected chi connectivity index (χ2v) is 15.0. The number of carbonyl (C=O) groups excluding carboxylic acids is 1. The van der Waals surface area contributed by atoms with E-state index < -0.39 is 10.0 Å². The highest BCUT2D eigenvalue weighted by Gasteiger charge is 2.37. The number of pyridine rings is 1. The fourth-order valence-electron chi connectivity index (χ4n) is 6.71. The van der Waals surface area contributed by atoms with Gasteiger partial charge in [-0.15, -0.1) is 10.2 Å². The number of carbonyl (C=O) groups is 1. The van der Waals surface area contributed by atoms with Gasteiger partial charge in [0.1, 0.15) is 5.82 Å². The van der Waals surface area contributed by atoms with Crippen LogP contribution in [0.2, 0.25) is 0 Å². The van der Waals surface area contributed by atoms with E-state index in [1.54, 1.807) is 12.3 Å². The van der Waals surface area contributed by atoms with Crippen molar-refractivity contribution >= 4 is 33.1 Å². The normalized spacial score (nSPS) is 24.7. The number of nitrogens with one attached hydrogen (secondary N) is 1. The third kappa shape index (κ3) is 5.81. The quantitative estimate of drug-likeness (QED) is 0.463. The van der Waals surface area contributed by atoms with Gasteiger partial charge in [0, 0.05) is 58.0 Å². The topological polar surface area (TPSA) is 125 Å². The van der Waals surface area contributed by atoms with E-state index in [4.69, 9.17) is 4.42 Å². The second-order valence-electron chi connectivity index (χ2n) is 13.1. The van der Waals surface area contributed by atoms with Crippen molar-refractivity contribution in [2.24, 2.45) is 11.3 Å². The van der Waals surface area contributed by atoms with Gasteiger partial charge in [-0.3, -0.25) is 9.52 Å². The first-order chi connectivity index (χ1) is 20.7. The van der Waals surface area contributed by atoms with Crippen LogP contribution >= 0.6 is 0 Å². The molecule has 2 saturated heterocycles. The average Bonchev–Trinajstić information content (AvgIpc) is 3.76. The number of anilines is 3. The maximum Gasteiger partial charge on any atom is 0.250 e. The third-order valence-corrected chi connectivity index (χ3v) is 11.5. The number of hydrogen-bond donors (Lipinski definition) is 1. The van der Waals surface area contributed by atoms with Crippen molar-refractivity contribution in [3.63, 3.8) is 0 Å². The highest BCUT2D eigenvalue weighted by Crippen LogP contribution is 2.40. The second kappa shape index (κ2) is 10.8. The van der Waals surface area contributed by atoms with Gasteiger partial charge in [-0.25, -0.2) is 13.4 Å². The van der Waals surface area contributed by atoms with E-state index in [2.05, 4.69) is 36.6 Å². The molecule has 2 aromatic heterocycles. The zero-order valence-corrected chi connectivity index (χ0v) is 25.6. The van der Waals surface area contributed by atoms with Crippen molar-refractivity contribution in [3.8, 4) is 22.9 Å². The monoisotopic (exact) mass is 605 g/mol. The summed E-state index contributed by atoms with van der Waals surface area (Å²) in [7, 11) is -1.47. The first-order valence-corrected chi connectivity index (χ1v) is 16.9. The Labute approximate surface area is 252 Å². The van der Waals surface area contributed by atoms with Gasteiger partial charge in [0.15, 0.2) is 0 Å². The maximum absolute atomic E-state index is 13.3. The summed E-state index contributed by atoms with van der Waals surface area (Å²) < 4.78 is 34.6. The van der Waals surface area contributed by atoms with E-state index in [9.17, 15) is 13.2 Å². The van der Waals surface area contributed by atoms with Gasteiger partial charge in [-0.2, -0.15) is 0 Å². The largest absolute Gasteiger partial charge is 0.416 e. The predicted octanol–water partition coefficient (Wildman–Crippen LogP) is 4.39. The summed E-state index contributed by atoms with van der Waals surface area (Å²) in [6.07, 6.45) is 7.45. The minimum atomic E-state index is -3.41. The lowest BCUT2D eigenvalue weighted by atomic mass is 9.79. The van der Waals surface area contributed by atoms with Crippen LogP contribution in [0.1, 0.15) is 51.9 Å². The molecule has 1 N–H and O–H groups in total. The van der Waals surface area contributed by atoms with Gasteiger partial charge in [0.05, 0.1) is 22.2 Å². The fourth-order valence-corrected chi connectivity index (χ4v) is 8.09. The molecule has 0 radical (unpaired) electrons. The molecule has 1 aliphatic carbocycles. The molecule has 1 aromatic carbocycles. The zero-order chi connectivity index (χ0) is 29.8. The number of piperidine rings is 2.